The summed E-state index contributed by atoms with van der Waals surface area (Å²) in [5, 5.41) is 7.58. The van der Waals surface area contributed by atoms with Crippen LogP contribution in [0, 0.1) is 0 Å². The summed E-state index contributed by atoms with van der Waals surface area (Å²) < 4.78 is 26.8. The Balaban J connectivity index is 1.69. The lowest BCUT2D eigenvalue weighted by atomic mass is 10.3. The number of anilines is 2. The summed E-state index contributed by atoms with van der Waals surface area (Å²) in [6.07, 6.45) is 2.42. The maximum Gasteiger partial charge on any atom is 0.290 e. The van der Waals surface area contributed by atoms with E-state index in [1.54, 1.807) is 5.38 Å². The lowest BCUT2D eigenvalue weighted by Gasteiger charge is -2.14. The number of rotatable bonds is 5. The molecule has 2 aromatic rings. The minimum atomic E-state index is -3.70. The molecule has 0 spiro atoms. The largest absolute Gasteiger partial charge is 0.366 e. The van der Waals surface area contributed by atoms with E-state index in [1.165, 1.54) is 41.8 Å². The molecule has 0 saturated carbocycles. The molecule has 0 atom stereocenters. The molecule has 10 heteroatoms. The van der Waals surface area contributed by atoms with E-state index >= 15 is 0 Å². The number of aromatic nitrogens is 1. The second kappa shape index (κ2) is 6.97. The lowest BCUT2D eigenvalue weighted by molar-refractivity contribution is -0.110. The molecule has 8 nitrogen and oxygen atoms in total. The van der Waals surface area contributed by atoms with Crippen molar-refractivity contribution in [1.82, 2.24) is 10.3 Å². The average Bonchev–Trinajstić information content (AvgIpc) is 3.08. The number of carbonyl (C=O) groups excluding carboxylic acids is 1. The average molecular weight is 365 g/mol. The Bertz CT molecular complexity index is 845. The molecule has 0 unspecified atom stereocenters. The lowest BCUT2D eigenvalue weighted by Crippen LogP contribution is -2.39. The second-order valence-electron chi connectivity index (χ2n) is 4.93. The van der Waals surface area contributed by atoms with Crippen LogP contribution in [0.4, 0.5) is 10.8 Å². The zero-order valence-electron chi connectivity index (χ0n) is 12.5. The normalized spacial score (nSPS) is 14.4. The van der Waals surface area contributed by atoms with Crippen LogP contribution >= 0.6 is 11.3 Å². The van der Waals surface area contributed by atoms with E-state index in [9.17, 15) is 13.2 Å². The number of benzene rings is 1. The van der Waals surface area contributed by atoms with Gasteiger partial charge >= 0.3 is 0 Å². The van der Waals surface area contributed by atoms with Crippen LogP contribution in [0.5, 0.6) is 0 Å². The molecule has 1 aromatic heterocycles. The molecule has 1 aromatic carbocycles. The number of amidine groups is 1. The van der Waals surface area contributed by atoms with E-state index in [2.05, 4.69) is 25.3 Å². The van der Waals surface area contributed by atoms with Crippen LogP contribution < -0.4 is 15.4 Å². The van der Waals surface area contributed by atoms with Crippen molar-refractivity contribution in [2.45, 2.75) is 11.3 Å². The van der Waals surface area contributed by atoms with E-state index in [0.29, 0.717) is 29.7 Å². The van der Waals surface area contributed by atoms with Crippen LogP contribution in [0.3, 0.4) is 0 Å². The molecule has 3 rings (SSSR count). The van der Waals surface area contributed by atoms with Gasteiger partial charge < -0.3 is 10.6 Å². The summed E-state index contributed by atoms with van der Waals surface area (Å²) in [5.74, 6) is -0.0467. The highest BCUT2D eigenvalue weighted by Gasteiger charge is 2.17. The zero-order chi connectivity index (χ0) is 17.0. The van der Waals surface area contributed by atoms with Crippen molar-refractivity contribution >= 4 is 43.9 Å². The fourth-order valence-electron chi connectivity index (χ4n) is 2.04. The number of hydrogen-bond donors (Lipinski definition) is 3. The summed E-state index contributed by atoms with van der Waals surface area (Å²) in [5.41, 5.74) is 0.489. The molecule has 0 fully saturated rings. The third-order valence-corrected chi connectivity index (χ3v) is 5.36. The molecule has 1 aliphatic heterocycles. The molecule has 0 saturated heterocycles. The van der Waals surface area contributed by atoms with Crippen molar-refractivity contribution in [2.75, 3.05) is 23.1 Å². The van der Waals surface area contributed by atoms with Crippen LogP contribution in [0.2, 0.25) is 0 Å². The smallest absolute Gasteiger partial charge is 0.290 e. The molecular formula is C14H15N5O3S2. The number of hydrogen-bond acceptors (Lipinski definition) is 7. The van der Waals surface area contributed by atoms with Crippen LogP contribution in [0.15, 0.2) is 45.7 Å². The molecule has 0 bridgehead atoms. The van der Waals surface area contributed by atoms with Crippen LogP contribution in [-0.2, 0) is 14.8 Å². The fourth-order valence-corrected chi connectivity index (χ4v) is 3.83. The van der Waals surface area contributed by atoms with Crippen molar-refractivity contribution in [3.63, 3.8) is 0 Å². The molecule has 3 N–H and O–H groups in total. The minimum absolute atomic E-state index is 0.0869. The van der Waals surface area contributed by atoms with E-state index < -0.39 is 10.0 Å². The maximum atomic E-state index is 12.2. The molecule has 1 amide bonds. The second-order valence-corrected chi connectivity index (χ2v) is 7.51. The molecule has 126 valence electrons. The van der Waals surface area contributed by atoms with Crippen LogP contribution in [-0.4, -0.2) is 38.2 Å². The third kappa shape index (κ3) is 3.89. The van der Waals surface area contributed by atoms with Gasteiger partial charge in [0.15, 0.2) is 11.0 Å². The van der Waals surface area contributed by atoms with Gasteiger partial charge in [-0.1, -0.05) is 0 Å². The van der Waals surface area contributed by atoms with Crippen LogP contribution in [0.25, 0.3) is 0 Å². The van der Waals surface area contributed by atoms with Crippen molar-refractivity contribution in [2.24, 2.45) is 4.99 Å². The highest BCUT2D eigenvalue weighted by molar-refractivity contribution is 7.93. The highest BCUT2D eigenvalue weighted by atomic mass is 32.2. The Morgan fingerprint density at radius 1 is 1.25 bits per heavy atom. The summed E-state index contributed by atoms with van der Waals surface area (Å²) in [7, 11) is -3.70. The van der Waals surface area contributed by atoms with Crippen molar-refractivity contribution in [3.05, 3.63) is 35.8 Å². The van der Waals surface area contributed by atoms with Crippen molar-refractivity contribution in [3.8, 4) is 0 Å². The number of nitrogens with zero attached hydrogens (tertiary/aromatic N) is 2. The monoisotopic (exact) mass is 365 g/mol. The van der Waals surface area contributed by atoms with Gasteiger partial charge in [-0.15, -0.1) is 11.3 Å². The Kier molecular flexibility index (Phi) is 4.76. The number of carbonyl (C=O) groups is 1. The first-order valence-corrected chi connectivity index (χ1v) is 9.53. The first kappa shape index (κ1) is 16.4. The van der Waals surface area contributed by atoms with E-state index in [1.807, 2.05) is 0 Å². The highest BCUT2D eigenvalue weighted by Crippen LogP contribution is 2.19. The van der Waals surface area contributed by atoms with Gasteiger partial charge in [-0.05, 0) is 30.7 Å². The van der Waals surface area contributed by atoms with Gasteiger partial charge in [0.05, 0.1) is 4.90 Å². The SMILES string of the molecule is O=C(Nc1ccc(S(=O)(=O)Nc2nccs2)cc1)C1=NCCCN1. The number of sulfonamides is 1. The van der Waals surface area contributed by atoms with Gasteiger partial charge in [-0.25, -0.2) is 13.4 Å². The Morgan fingerprint density at radius 2 is 2.04 bits per heavy atom. The quantitative estimate of drug-likeness (QED) is 0.739. The van der Waals surface area contributed by atoms with Gasteiger partial charge in [-0.2, -0.15) is 0 Å². The standard InChI is InChI=1S/C14H15N5O3S2/c20-13(12-15-6-1-7-16-12)18-10-2-4-11(5-3-10)24(21,22)19-14-17-8-9-23-14/h2-5,8-9H,1,6-7H2,(H,15,16)(H,17,19)(H,18,20). The Morgan fingerprint density at radius 3 is 2.67 bits per heavy atom. The van der Waals surface area contributed by atoms with E-state index in [0.717, 1.165) is 6.42 Å². The topological polar surface area (TPSA) is 113 Å². The minimum Gasteiger partial charge on any atom is -0.366 e. The summed E-state index contributed by atoms with van der Waals surface area (Å²) in [6.45, 7) is 1.33. The predicted molar refractivity (Wildman–Crippen MR) is 92.9 cm³/mol. The third-order valence-electron chi connectivity index (χ3n) is 3.19. The summed E-state index contributed by atoms with van der Waals surface area (Å²) in [6, 6.07) is 5.89. The first-order chi connectivity index (χ1) is 11.5. The van der Waals surface area contributed by atoms with Gasteiger partial charge in [0, 0.05) is 30.4 Å². The van der Waals surface area contributed by atoms with Gasteiger partial charge in [0.25, 0.3) is 15.9 Å². The van der Waals surface area contributed by atoms with Crippen LogP contribution in [0.1, 0.15) is 6.42 Å². The molecule has 2 heterocycles. The van der Waals surface area contributed by atoms with E-state index in [4.69, 9.17) is 0 Å². The summed E-state index contributed by atoms with van der Waals surface area (Å²) >= 11 is 1.19. The number of thiazole rings is 1. The van der Waals surface area contributed by atoms with E-state index in [-0.39, 0.29) is 10.8 Å². The zero-order valence-corrected chi connectivity index (χ0v) is 14.2. The molecular weight excluding hydrogens is 350 g/mol. The molecule has 1 aliphatic rings. The first-order valence-electron chi connectivity index (χ1n) is 7.17. The van der Waals surface area contributed by atoms with Gasteiger partial charge in [0.2, 0.25) is 0 Å². The fraction of sp³-hybridized carbons (Fsp3) is 0.214. The molecule has 24 heavy (non-hydrogen) atoms. The Labute approximate surface area is 143 Å². The van der Waals surface area contributed by atoms with Gasteiger partial charge in [0.1, 0.15) is 0 Å². The van der Waals surface area contributed by atoms with Gasteiger partial charge in [-0.3, -0.25) is 14.5 Å². The van der Waals surface area contributed by atoms with Crippen molar-refractivity contribution in [1.29, 1.82) is 0 Å². The molecule has 0 aliphatic carbocycles. The number of amides is 1. The predicted octanol–water partition coefficient (Wildman–Crippen LogP) is 1.27. The maximum absolute atomic E-state index is 12.2. The van der Waals surface area contributed by atoms with Crippen molar-refractivity contribution < 1.29 is 13.2 Å². The Hall–Kier alpha value is -2.46. The number of aliphatic imine (C=N–C) groups is 1. The number of nitrogens with one attached hydrogen (secondary N) is 3. The molecule has 0 radical (unpaired) electrons. The summed E-state index contributed by atoms with van der Waals surface area (Å²) in [4.78, 5) is 20.1.